The fraction of sp³-hybridized carbons (Fsp3) is 0.364. The SMILES string of the molecule is CC(=O)[C@@H](C)CSc1ccccc1[N+](=O)[O-]. The maximum Gasteiger partial charge on any atom is 0.282 e. The molecule has 0 aliphatic heterocycles. The van der Waals surface area contributed by atoms with Crippen LogP contribution in [0.15, 0.2) is 29.2 Å². The van der Waals surface area contributed by atoms with E-state index in [1.54, 1.807) is 18.2 Å². The fourth-order valence-electron chi connectivity index (χ4n) is 1.06. The van der Waals surface area contributed by atoms with Crippen LogP contribution in [0.25, 0.3) is 0 Å². The van der Waals surface area contributed by atoms with Gasteiger partial charge in [-0.2, -0.15) is 0 Å². The van der Waals surface area contributed by atoms with Crippen LogP contribution in [-0.4, -0.2) is 16.5 Å². The largest absolute Gasteiger partial charge is 0.300 e. The van der Waals surface area contributed by atoms with Crippen LogP contribution < -0.4 is 0 Å². The van der Waals surface area contributed by atoms with Crippen LogP contribution >= 0.6 is 11.8 Å². The second kappa shape index (κ2) is 5.65. The number of thioether (sulfide) groups is 1. The minimum atomic E-state index is -0.402. The normalized spacial score (nSPS) is 12.1. The Morgan fingerprint density at radius 3 is 2.69 bits per heavy atom. The summed E-state index contributed by atoms with van der Waals surface area (Å²) in [4.78, 5) is 22.0. The summed E-state index contributed by atoms with van der Waals surface area (Å²) in [7, 11) is 0. The lowest BCUT2D eigenvalue weighted by Crippen LogP contribution is -2.08. The third-order valence-corrected chi connectivity index (χ3v) is 3.57. The van der Waals surface area contributed by atoms with Gasteiger partial charge in [0.05, 0.1) is 9.82 Å². The molecule has 0 radical (unpaired) electrons. The Morgan fingerprint density at radius 2 is 2.12 bits per heavy atom. The number of carbonyl (C=O) groups is 1. The van der Waals surface area contributed by atoms with Crippen molar-refractivity contribution in [1.82, 2.24) is 0 Å². The van der Waals surface area contributed by atoms with Crippen molar-refractivity contribution >= 4 is 23.2 Å². The van der Waals surface area contributed by atoms with E-state index in [1.807, 2.05) is 6.92 Å². The number of benzene rings is 1. The van der Waals surface area contributed by atoms with Gasteiger partial charge in [-0.05, 0) is 13.0 Å². The zero-order valence-corrected chi connectivity index (χ0v) is 9.99. The van der Waals surface area contributed by atoms with Gasteiger partial charge in [-0.25, -0.2) is 0 Å². The molecule has 0 aliphatic rings. The third kappa shape index (κ3) is 3.34. The Kier molecular flexibility index (Phi) is 4.49. The van der Waals surface area contributed by atoms with Crippen molar-refractivity contribution in [2.24, 2.45) is 5.92 Å². The zero-order chi connectivity index (χ0) is 12.1. The Balaban J connectivity index is 2.74. The lowest BCUT2D eigenvalue weighted by molar-refractivity contribution is -0.387. The summed E-state index contributed by atoms with van der Waals surface area (Å²) in [5.41, 5.74) is 0.100. The lowest BCUT2D eigenvalue weighted by atomic mass is 10.1. The molecule has 0 aromatic heterocycles. The van der Waals surface area contributed by atoms with Crippen molar-refractivity contribution in [1.29, 1.82) is 0 Å². The molecule has 0 fully saturated rings. The van der Waals surface area contributed by atoms with Gasteiger partial charge in [-0.1, -0.05) is 19.1 Å². The minimum Gasteiger partial charge on any atom is -0.300 e. The van der Waals surface area contributed by atoms with E-state index in [1.165, 1.54) is 24.8 Å². The molecule has 4 nitrogen and oxygen atoms in total. The van der Waals surface area contributed by atoms with E-state index in [9.17, 15) is 14.9 Å². The van der Waals surface area contributed by atoms with Crippen molar-refractivity contribution in [3.05, 3.63) is 34.4 Å². The van der Waals surface area contributed by atoms with E-state index in [0.717, 1.165) is 0 Å². The van der Waals surface area contributed by atoms with E-state index in [-0.39, 0.29) is 17.4 Å². The van der Waals surface area contributed by atoms with Crippen molar-refractivity contribution in [3.63, 3.8) is 0 Å². The number of nitro groups is 1. The molecule has 0 bridgehead atoms. The molecule has 0 spiro atoms. The number of para-hydroxylation sites is 1. The molecule has 86 valence electrons. The molecule has 1 atom stereocenters. The number of ketones is 1. The number of nitrogens with zero attached hydrogens (tertiary/aromatic N) is 1. The number of hydrogen-bond acceptors (Lipinski definition) is 4. The monoisotopic (exact) mass is 239 g/mol. The molecular formula is C11H13NO3S. The molecule has 1 aromatic rings. The molecule has 0 saturated carbocycles. The molecule has 1 aromatic carbocycles. The molecule has 0 saturated heterocycles. The maximum absolute atomic E-state index is 11.0. The number of Topliss-reactive ketones (excluding diaryl/α,β-unsaturated/α-hetero) is 1. The van der Waals surface area contributed by atoms with Crippen LogP contribution in [0.5, 0.6) is 0 Å². The van der Waals surface area contributed by atoms with E-state index >= 15 is 0 Å². The Hall–Kier alpha value is -1.36. The topological polar surface area (TPSA) is 60.2 Å². The minimum absolute atomic E-state index is 0.0789. The van der Waals surface area contributed by atoms with E-state index < -0.39 is 4.92 Å². The molecule has 5 heteroatoms. The standard InChI is InChI=1S/C11H13NO3S/c1-8(9(2)13)7-16-11-6-4-3-5-10(11)12(14)15/h3-6,8H,7H2,1-2H3/t8-/m0/s1. The highest BCUT2D eigenvalue weighted by Gasteiger charge is 2.15. The van der Waals surface area contributed by atoms with Gasteiger partial charge in [0.1, 0.15) is 5.78 Å². The van der Waals surface area contributed by atoms with Crippen molar-refractivity contribution in [2.75, 3.05) is 5.75 Å². The highest BCUT2D eigenvalue weighted by molar-refractivity contribution is 7.99. The number of hydrogen-bond donors (Lipinski definition) is 0. The van der Waals surface area contributed by atoms with Crippen LogP contribution in [0.1, 0.15) is 13.8 Å². The first kappa shape index (κ1) is 12.7. The van der Waals surface area contributed by atoms with Crippen LogP contribution in [-0.2, 0) is 4.79 Å². The zero-order valence-electron chi connectivity index (χ0n) is 9.17. The number of carbonyl (C=O) groups excluding carboxylic acids is 1. The van der Waals surface area contributed by atoms with Gasteiger partial charge in [0.25, 0.3) is 5.69 Å². The first-order chi connectivity index (χ1) is 7.52. The average Bonchev–Trinajstić information content (AvgIpc) is 2.25. The molecule has 0 unspecified atom stereocenters. The molecule has 1 rings (SSSR count). The van der Waals surface area contributed by atoms with Crippen LogP contribution in [0, 0.1) is 16.0 Å². The Bertz CT molecular complexity index is 406. The summed E-state index contributed by atoms with van der Waals surface area (Å²) in [5.74, 6) is 0.594. The molecular weight excluding hydrogens is 226 g/mol. The molecule has 16 heavy (non-hydrogen) atoms. The smallest absolute Gasteiger partial charge is 0.282 e. The van der Waals surface area contributed by atoms with Gasteiger partial charge in [0.15, 0.2) is 0 Å². The van der Waals surface area contributed by atoms with Gasteiger partial charge in [-0.15, -0.1) is 11.8 Å². The van der Waals surface area contributed by atoms with Crippen molar-refractivity contribution < 1.29 is 9.72 Å². The number of rotatable bonds is 5. The summed E-state index contributed by atoms with van der Waals surface area (Å²) in [6.45, 7) is 3.36. The first-order valence-electron chi connectivity index (χ1n) is 4.89. The Morgan fingerprint density at radius 1 is 1.50 bits per heavy atom. The average molecular weight is 239 g/mol. The van der Waals surface area contributed by atoms with Gasteiger partial charge in [-0.3, -0.25) is 14.9 Å². The van der Waals surface area contributed by atoms with E-state index in [2.05, 4.69) is 0 Å². The van der Waals surface area contributed by atoms with Crippen LogP contribution in [0.2, 0.25) is 0 Å². The second-order valence-electron chi connectivity index (χ2n) is 3.55. The molecule has 0 aliphatic carbocycles. The van der Waals surface area contributed by atoms with Crippen molar-refractivity contribution in [2.45, 2.75) is 18.7 Å². The summed E-state index contributed by atoms with van der Waals surface area (Å²) in [5, 5.41) is 10.7. The predicted octanol–water partition coefficient (Wildman–Crippen LogP) is 2.91. The third-order valence-electron chi connectivity index (χ3n) is 2.24. The summed E-state index contributed by atoms with van der Waals surface area (Å²) < 4.78 is 0. The summed E-state index contributed by atoms with van der Waals surface area (Å²) >= 11 is 1.35. The van der Waals surface area contributed by atoms with E-state index in [4.69, 9.17) is 0 Å². The summed E-state index contributed by atoms with van der Waals surface area (Å²) in [6.07, 6.45) is 0. The lowest BCUT2D eigenvalue weighted by Gasteiger charge is -2.06. The van der Waals surface area contributed by atoms with Crippen molar-refractivity contribution in [3.8, 4) is 0 Å². The summed E-state index contributed by atoms with van der Waals surface area (Å²) in [6, 6.07) is 6.57. The van der Waals surface area contributed by atoms with Gasteiger partial charge < -0.3 is 0 Å². The Labute approximate surface area is 98.2 Å². The van der Waals surface area contributed by atoms with Gasteiger partial charge >= 0.3 is 0 Å². The van der Waals surface area contributed by atoms with Crippen LogP contribution in [0.4, 0.5) is 5.69 Å². The van der Waals surface area contributed by atoms with Gasteiger partial charge in [0.2, 0.25) is 0 Å². The second-order valence-corrected chi connectivity index (χ2v) is 4.61. The highest BCUT2D eigenvalue weighted by atomic mass is 32.2. The maximum atomic E-state index is 11.0. The van der Waals surface area contributed by atoms with Gasteiger partial charge in [0, 0.05) is 17.7 Å². The van der Waals surface area contributed by atoms with E-state index in [0.29, 0.717) is 10.6 Å². The molecule has 0 amide bonds. The quantitative estimate of drug-likeness (QED) is 0.450. The predicted molar refractivity (Wildman–Crippen MR) is 63.7 cm³/mol. The number of nitro benzene ring substituents is 1. The van der Waals surface area contributed by atoms with Crippen LogP contribution in [0.3, 0.4) is 0 Å². The fourth-order valence-corrected chi connectivity index (χ4v) is 2.19. The first-order valence-corrected chi connectivity index (χ1v) is 5.87. The molecule has 0 N–H and O–H groups in total. The highest BCUT2D eigenvalue weighted by Crippen LogP contribution is 2.29. The molecule has 0 heterocycles.